The van der Waals surface area contributed by atoms with E-state index >= 15 is 0 Å². The SMILES string of the molecule is CC(=O)O[C@H]1CC[C@@]2(C)C(=CC[C@H]3[C@@H]4C[C@H](OC(C)=O)[C@H]([C@H](C)[C@H]5NC[C@H](C)C[C@@H]5OC(C)=O)[C@@]4(C)CC[C@@H]32)C1. The minimum absolute atomic E-state index is 0.00293. The van der Waals surface area contributed by atoms with Gasteiger partial charge >= 0.3 is 17.9 Å². The Morgan fingerprint density at radius 2 is 1.60 bits per heavy atom. The van der Waals surface area contributed by atoms with Gasteiger partial charge in [0.05, 0.1) is 0 Å². The van der Waals surface area contributed by atoms with Crippen LogP contribution in [-0.2, 0) is 28.6 Å². The molecule has 40 heavy (non-hydrogen) atoms. The van der Waals surface area contributed by atoms with Crippen molar-refractivity contribution >= 4 is 17.9 Å². The molecule has 4 fully saturated rings. The molecule has 12 atom stereocenters. The molecule has 1 aliphatic heterocycles. The van der Waals surface area contributed by atoms with E-state index < -0.39 is 0 Å². The van der Waals surface area contributed by atoms with E-state index in [0.29, 0.717) is 23.7 Å². The van der Waals surface area contributed by atoms with Gasteiger partial charge in [0, 0.05) is 39.2 Å². The largest absolute Gasteiger partial charge is 0.462 e. The molecule has 1 heterocycles. The number of rotatable bonds is 5. The zero-order valence-corrected chi connectivity index (χ0v) is 25.7. The molecule has 7 heteroatoms. The lowest BCUT2D eigenvalue weighted by atomic mass is 9.46. The average Bonchev–Trinajstić information content (AvgIpc) is 3.14. The predicted octanol–water partition coefficient (Wildman–Crippen LogP) is 5.60. The van der Waals surface area contributed by atoms with Crippen molar-refractivity contribution in [3.8, 4) is 0 Å². The molecule has 4 aliphatic carbocycles. The number of ether oxygens (including phenoxy) is 3. The molecule has 0 unspecified atom stereocenters. The highest BCUT2D eigenvalue weighted by molar-refractivity contribution is 5.67. The number of fused-ring (bicyclic) bond motifs is 5. The maximum atomic E-state index is 12.4. The van der Waals surface area contributed by atoms with Crippen molar-refractivity contribution < 1.29 is 28.6 Å². The second kappa shape index (κ2) is 11.1. The van der Waals surface area contributed by atoms with E-state index in [4.69, 9.17) is 14.2 Å². The first-order valence-electron chi connectivity index (χ1n) is 15.8. The minimum atomic E-state index is -0.230. The van der Waals surface area contributed by atoms with E-state index in [-0.39, 0.29) is 64.9 Å². The summed E-state index contributed by atoms with van der Waals surface area (Å²) in [5.74, 6) is 1.84. The maximum absolute atomic E-state index is 12.4. The van der Waals surface area contributed by atoms with Gasteiger partial charge in [0.15, 0.2) is 0 Å². The number of hydrogen-bond donors (Lipinski definition) is 1. The first-order chi connectivity index (χ1) is 18.8. The summed E-state index contributed by atoms with van der Waals surface area (Å²) in [5, 5.41) is 3.74. The summed E-state index contributed by atoms with van der Waals surface area (Å²) in [6.07, 6.45) is 10.1. The molecule has 3 saturated carbocycles. The third-order valence-electron chi connectivity index (χ3n) is 12.0. The Morgan fingerprint density at radius 1 is 0.925 bits per heavy atom. The number of nitrogens with one attached hydrogen (secondary N) is 1. The Hall–Kier alpha value is -1.89. The van der Waals surface area contributed by atoms with Gasteiger partial charge in [0.1, 0.15) is 18.3 Å². The molecule has 7 nitrogen and oxygen atoms in total. The number of carbonyl (C=O) groups is 3. The first-order valence-corrected chi connectivity index (χ1v) is 15.8. The van der Waals surface area contributed by atoms with Gasteiger partial charge < -0.3 is 19.5 Å². The Bertz CT molecular complexity index is 1040. The zero-order chi connectivity index (χ0) is 29.0. The van der Waals surface area contributed by atoms with Gasteiger partial charge in [-0.25, -0.2) is 0 Å². The predicted molar refractivity (Wildman–Crippen MR) is 152 cm³/mol. The highest BCUT2D eigenvalue weighted by atomic mass is 16.6. The molecule has 5 rings (SSSR count). The minimum Gasteiger partial charge on any atom is -0.462 e. The molecule has 0 bridgehead atoms. The highest BCUT2D eigenvalue weighted by Gasteiger charge is 2.63. The molecular formula is C33H51NO6. The van der Waals surface area contributed by atoms with Gasteiger partial charge in [-0.15, -0.1) is 0 Å². The monoisotopic (exact) mass is 557 g/mol. The lowest BCUT2D eigenvalue weighted by Crippen LogP contribution is -2.57. The van der Waals surface area contributed by atoms with Gasteiger partial charge in [0.25, 0.3) is 0 Å². The van der Waals surface area contributed by atoms with E-state index in [9.17, 15) is 14.4 Å². The zero-order valence-electron chi connectivity index (χ0n) is 25.7. The third kappa shape index (κ3) is 5.25. The Labute approximate surface area is 240 Å². The van der Waals surface area contributed by atoms with Crippen molar-refractivity contribution in [2.75, 3.05) is 6.54 Å². The summed E-state index contributed by atoms with van der Waals surface area (Å²) >= 11 is 0. The fraction of sp³-hybridized carbons (Fsp3) is 0.848. The van der Waals surface area contributed by atoms with Crippen molar-refractivity contribution in [3.63, 3.8) is 0 Å². The first kappa shape index (κ1) is 29.6. The summed E-state index contributed by atoms with van der Waals surface area (Å²) in [4.78, 5) is 36.0. The molecule has 224 valence electrons. The van der Waals surface area contributed by atoms with Crippen LogP contribution in [0.5, 0.6) is 0 Å². The number of esters is 3. The number of hydrogen-bond acceptors (Lipinski definition) is 7. The summed E-state index contributed by atoms with van der Waals surface area (Å²) in [6, 6.07) is 0.0448. The van der Waals surface area contributed by atoms with Crippen LogP contribution in [-0.4, -0.2) is 48.8 Å². The van der Waals surface area contributed by atoms with Crippen molar-refractivity contribution in [3.05, 3.63) is 11.6 Å². The molecule has 0 aromatic carbocycles. The van der Waals surface area contributed by atoms with E-state index in [1.165, 1.54) is 32.8 Å². The number of piperidine rings is 1. The standard InChI is InChI=1S/C33H51NO6/c1-18-14-29(40-22(5)37)31(34-17-18)19(2)30-28(39-21(4)36)16-27-25-9-8-23-15-24(38-20(3)35)10-12-32(23,6)26(25)11-13-33(27,30)7/h8,18-19,24-31,34H,9-17H2,1-7H3/t18-,19+,24+,25-,26+,27+,28+,29+,30+,31-,32+,33+/m1/s1. The van der Waals surface area contributed by atoms with Crippen LogP contribution in [0.1, 0.15) is 99.8 Å². The van der Waals surface area contributed by atoms with Crippen LogP contribution in [0.25, 0.3) is 0 Å². The molecule has 0 radical (unpaired) electrons. The smallest absolute Gasteiger partial charge is 0.302 e. The fourth-order valence-corrected chi connectivity index (χ4v) is 10.4. The summed E-state index contributed by atoms with van der Waals surface area (Å²) in [7, 11) is 0. The second-order valence-electron chi connectivity index (χ2n) is 14.5. The normalized spacial score (nSPS) is 45.2. The van der Waals surface area contributed by atoms with E-state index in [0.717, 1.165) is 51.5 Å². The maximum Gasteiger partial charge on any atom is 0.302 e. The molecule has 0 amide bonds. The fourth-order valence-electron chi connectivity index (χ4n) is 10.4. The molecule has 1 N–H and O–H groups in total. The van der Waals surface area contributed by atoms with Crippen LogP contribution in [0.15, 0.2) is 11.6 Å². The Morgan fingerprint density at radius 3 is 2.27 bits per heavy atom. The highest BCUT2D eigenvalue weighted by Crippen LogP contribution is 2.68. The Kier molecular flexibility index (Phi) is 8.19. The quantitative estimate of drug-likeness (QED) is 0.267. The van der Waals surface area contributed by atoms with Crippen LogP contribution in [0.4, 0.5) is 0 Å². The van der Waals surface area contributed by atoms with Gasteiger partial charge in [-0.05, 0) is 91.9 Å². The van der Waals surface area contributed by atoms with Crippen molar-refractivity contribution in [1.82, 2.24) is 5.32 Å². The number of carbonyl (C=O) groups excluding carboxylic acids is 3. The van der Waals surface area contributed by atoms with Gasteiger partial charge in [-0.1, -0.05) is 39.3 Å². The lowest BCUT2D eigenvalue weighted by Gasteiger charge is -2.58. The van der Waals surface area contributed by atoms with Crippen LogP contribution in [0.2, 0.25) is 0 Å². The second-order valence-corrected chi connectivity index (χ2v) is 14.5. The summed E-state index contributed by atoms with van der Waals surface area (Å²) in [6.45, 7) is 14.9. The van der Waals surface area contributed by atoms with Gasteiger partial charge in [-0.3, -0.25) is 14.4 Å². The van der Waals surface area contributed by atoms with Crippen molar-refractivity contribution in [2.45, 2.75) is 124 Å². The van der Waals surface area contributed by atoms with E-state index in [1.807, 2.05) is 0 Å². The molecule has 1 saturated heterocycles. The van der Waals surface area contributed by atoms with Crippen LogP contribution < -0.4 is 5.32 Å². The van der Waals surface area contributed by atoms with E-state index in [1.54, 1.807) is 0 Å². The molecule has 0 aromatic rings. The van der Waals surface area contributed by atoms with Crippen LogP contribution in [0, 0.1) is 46.3 Å². The topological polar surface area (TPSA) is 90.9 Å². The van der Waals surface area contributed by atoms with Crippen molar-refractivity contribution in [2.24, 2.45) is 46.3 Å². The summed E-state index contributed by atoms with van der Waals surface area (Å²) in [5.41, 5.74) is 1.67. The van der Waals surface area contributed by atoms with E-state index in [2.05, 4.69) is 39.1 Å². The molecule has 0 aromatic heterocycles. The third-order valence-corrected chi connectivity index (χ3v) is 12.0. The van der Waals surface area contributed by atoms with Gasteiger partial charge in [-0.2, -0.15) is 0 Å². The average molecular weight is 558 g/mol. The van der Waals surface area contributed by atoms with Crippen molar-refractivity contribution in [1.29, 1.82) is 0 Å². The summed E-state index contributed by atoms with van der Waals surface area (Å²) < 4.78 is 17.7. The van der Waals surface area contributed by atoms with Crippen LogP contribution >= 0.6 is 0 Å². The Balaban J connectivity index is 1.43. The van der Waals surface area contributed by atoms with Crippen LogP contribution in [0.3, 0.4) is 0 Å². The molecular weight excluding hydrogens is 506 g/mol. The molecule has 5 aliphatic rings. The lowest BCUT2D eigenvalue weighted by molar-refractivity contribution is -0.156. The van der Waals surface area contributed by atoms with Gasteiger partial charge in [0.2, 0.25) is 0 Å². The number of allylic oxidation sites excluding steroid dienone is 1. The molecule has 0 spiro atoms.